The van der Waals surface area contributed by atoms with Crippen molar-refractivity contribution in [1.29, 1.82) is 0 Å². The summed E-state index contributed by atoms with van der Waals surface area (Å²) in [5.74, 6) is 0.751. The highest BCUT2D eigenvalue weighted by Gasteiger charge is 2.40. The number of hydrogen-bond donors (Lipinski definition) is 1. The van der Waals surface area contributed by atoms with E-state index in [9.17, 15) is 9.59 Å². The third kappa shape index (κ3) is 4.62. The van der Waals surface area contributed by atoms with Crippen molar-refractivity contribution < 1.29 is 9.59 Å². The van der Waals surface area contributed by atoms with Crippen molar-refractivity contribution in [2.45, 2.75) is 70.1 Å². The predicted molar refractivity (Wildman–Crippen MR) is 102 cm³/mol. The number of benzene rings is 1. The Morgan fingerprint density at radius 3 is 2.50 bits per heavy atom. The summed E-state index contributed by atoms with van der Waals surface area (Å²) in [5.41, 5.74) is 1.33. The fourth-order valence-electron chi connectivity index (χ4n) is 3.86. The highest BCUT2D eigenvalue weighted by atomic mass is 32.2. The lowest BCUT2D eigenvalue weighted by molar-refractivity contribution is -0.128. The number of hydrogen-bond acceptors (Lipinski definition) is 3. The first-order chi connectivity index (χ1) is 11.6. The maximum Gasteiger partial charge on any atom is 0.230 e. The third-order valence-corrected chi connectivity index (χ3v) is 6.14. The Morgan fingerprint density at radius 2 is 1.88 bits per heavy atom. The summed E-state index contributed by atoms with van der Waals surface area (Å²) in [7, 11) is 0. The summed E-state index contributed by atoms with van der Waals surface area (Å²) in [6, 6.07) is 7.56. The van der Waals surface area contributed by atoms with E-state index in [2.05, 4.69) is 19.2 Å². The fourth-order valence-corrected chi connectivity index (χ4v) is 4.37. The first-order valence-electron chi connectivity index (χ1n) is 9.16. The van der Waals surface area contributed by atoms with Gasteiger partial charge in [0.1, 0.15) is 0 Å². The Labute approximate surface area is 150 Å². The molecule has 0 radical (unpaired) electrons. The summed E-state index contributed by atoms with van der Waals surface area (Å²) in [5, 5.41) is 3.14. The molecule has 0 unspecified atom stereocenters. The average molecular weight is 348 g/mol. The number of amides is 1. The molecule has 1 saturated carbocycles. The second-order valence-electron chi connectivity index (χ2n) is 6.89. The number of nitrogens with one attached hydrogen (secondary N) is 1. The topological polar surface area (TPSA) is 46.2 Å². The molecule has 24 heavy (non-hydrogen) atoms. The van der Waals surface area contributed by atoms with Crippen LogP contribution in [0.5, 0.6) is 0 Å². The van der Waals surface area contributed by atoms with E-state index in [1.807, 2.05) is 24.3 Å². The van der Waals surface area contributed by atoms with Gasteiger partial charge in [-0.25, -0.2) is 0 Å². The maximum absolute atomic E-state index is 13.2. The molecule has 4 heteroatoms. The molecule has 1 aromatic rings. The number of rotatable bonds is 8. The predicted octanol–water partition coefficient (Wildman–Crippen LogP) is 5.68. The molecule has 1 aliphatic rings. The smallest absolute Gasteiger partial charge is 0.230 e. The van der Waals surface area contributed by atoms with E-state index in [0.29, 0.717) is 5.92 Å². The average Bonchev–Trinajstić information content (AvgIpc) is 2.62. The minimum absolute atomic E-state index is 0.146. The molecule has 0 aliphatic heterocycles. The second-order valence-corrected chi connectivity index (χ2v) is 7.76. The van der Waals surface area contributed by atoms with Crippen molar-refractivity contribution in [3.63, 3.8) is 0 Å². The summed E-state index contributed by atoms with van der Waals surface area (Å²) in [6.45, 7) is 4.44. The molecule has 0 aromatic heterocycles. The number of para-hydroxylation sites is 1. The Balaban J connectivity index is 2.20. The molecule has 0 heterocycles. The van der Waals surface area contributed by atoms with E-state index < -0.39 is 0 Å². The van der Waals surface area contributed by atoms with Crippen LogP contribution >= 0.6 is 11.8 Å². The van der Waals surface area contributed by atoms with Gasteiger partial charge in [-0.1, -0.05) is 69.8 Å². The molecule has 1 N–H and O–H groups in total. The first-order valence-corrected chi connectivity index (χ1v) is 10.0. The highest BCUT2D eigenvalue weighted by Crippen LogP contribution is 2.44. The Bertz CT molecular complexity index is 548. The molecule has 2 rings (SSSR count). The van der Waals surface area contributed by atoms with Gasteiger partial charge < -0.3 is 5.32 Å². The minimum atomic E-state index is -0.242. The van der Waals surface area contributed by atoms with Gasteiger partial charge in [0.15, 0.2) is 5.62 Å². The molecule has 0 atom stereocenters. The quantitative estimate of drug-likeness (QED) is 0.486. The second kappa shape index (κ2) is 9.26. The highest BCUT2D eigenvalue weighted by molar-refractivity contribution is 8.12. The summed E-state index contributed by atoms with van der Waals surface area (Å²) < 4.78 is 0. The zero-order valence-corrected chi connectivity index (χ0v) is 15.7. The SMILES string of the molecule is CCC(CC)CC1(C(=O)Nc2ccccc2SC=O)CCCCC1. The van der Waals surface area contributed by atoms with Crippen LogP contribution in [0.15, 0.2) is 29.2 Å². The van der Waals surface area contributed by atoms with E-state index in [4.69, 9.17) is 0 Å². The van der Waals surface area contributed by atoms with Gasteiger partial charge >= 0.3 is 0 Å². The van der Waals surface area contributed by atoms with Gasteiger partial charge in [-0.3, -0.25) is 9.59 Å². The monoisotopic (exact) mass is 347 g/mol. The van der Waals surface area contributed by atoms with Gasteiger partial charge in [-0.2, -0.15) is 0 Å². The van der Waals surface area contributed by atoms with Crippen LogP contribution in [-0.2, 0) is 9.59 Å². The molecule has 1 amide bonds. The minimum Gasteiger partial charge on any atom is -0.325 e. The number of carbonyl (C=O) groups is 2. The molecule has 1 aliphatic carbocycles. The van der Waals surface area contributed by atoms with E-state index in [1.54, 1.807) is 0 Å². The fraction of sp³-hybridized carbons (Fsp3) is 0.600. The molecule has 0 bridgehead atoms. The lowest BCUT2D eigenvalue weighted by Gasteiger charge is -2.38. The first kappa shape index (κ1) is 19.0. The van der Waals surface area contributed by atoms with Crippen molar-refractivity contribution in [3.8, 4) is 0 Å². The van der Waals surface area contributed by atoms with Gasteiger partial charge in [0, 0.05) is 10.3 Å². The molecular weight excluding hydrogens is 318 g/mol. The molecule has 132 valence electrons. The number of thioether (sulfide) groups is 1. The van der Waals surface area contributed by atoms with Gasteiger partial charge in [-0.05, 0) is 37.3 Å². The van der Waals surface area contributed by atoms with Crippen molar-refractivity contribution in [2.75, 3.05) is 5.32 Å². The van der Waals surface area contributed by atoms with Crippen LogP contribution in [0.1, 0.15) is 65.2 Å². The molecular formula is C20H29NO2S. The van der Waals surface area contributed by atoms with Gasteiger partial charge in [0.2, 0.25) is 5.91 Å². The molecule has 1 aromatic carbocycles. The number of carbonyl (C=O) groups excluding carboxylic acids is 2. The third-order valence-electron chi connectivity index (χ3n) is 5.44. The zero-order valence-electron chi connectivity index (χ0n) is 14.8. The van der Waals surface area contributed by atoms with Gasteiger partial charge in [-0.15, -0.1) is 0 Å². The van der Waals surface area contributed by atoms with Crippen LogP contribution in [0.3, 0.4) is 0 Å². The largest absolute Gasteiger partial charge is 0.325 e. The van der Waals surface area contributed by atoms with Crippen LogP contribution in [-0.4, -0.2) is 11.5 Å². The summed E-state index contributed by atoms with van der Waals surface area (Å²) >= 11 is 1.12. The molecule has 3 nitrogen and oxygen atoms in total. The molecule has 0 spiro atoms. The van der Waals surface area contributed by atoms with Crippen molar-refractivity contribution in [1.82, 2.24) is 0 Å². The number of anilines is 1. The Hall–Kier alpha value is -1.29. The van der Waals surface area contributed by atoms with Crippen molar-refractivity contribution >= 4 is 29.0 Å². The Kier molecular flexibility index (Phi) is 7.35. The normalized spacial score (nSPS) is 16.8. The van der Waals surface area contributed by atoms with E-state index >= 15 is 0 Å². The summed E-state index contributed by atoms with van der Waals surface area (Å²) in [6.07, 6.45) is 8.71. The lowest BCUT2D eigenvalue weighted by atomic mass is 9.67. The van der Waals surface area contributed by atoms with Gasteiger partial charge in [0.05, 0.1) is 5.69 Å². The lowest BCUT2D eigenvalue weighted by Crippen LogP contribution is -2.39. The van der Waals surface area contributed by atoms with E-state index in [1.165, 1.54) is 6.42 Å². The molecule has 0 saturated heterocycles. The zero-order chi connectivity index (χ0) is 17.4. The van der Waals surface area contributed by atoms with Crippen LogP contribution in [0, 0.1) is 11.3 Å². The van der Waals surface area contributed by atoms with Crippen molar-refractivity contribution in [3.05, 3.63) is 24.3 Å². The molecule has 1 fully saturated rings. The van der Waals surface area contributed by atoms with Crippen LogP contribution in [0.2, 0.25) is 0 Å². The van der Waals surface area contributed by atoms with Gasteiger partial charge in [0.25, 0.3) is 0 Å². The maximum atomic E-state index is 13.2. The van der Waals surface area contributed by atoms with Crippen LogP contribution in [0.25, 0.3) is 0 Å². The van der Waals surface area contributed by atoms with E-state index in [-0.39, 0.29) is 11.3 Å². The van der Waals surface area contributed by atoms with Crippen LogP contribution in [0.4, 0.5) is 5.69 Å². The Morgan fingerprint density at radius 1 is 1.21 bits per heavy atom. The van der Waals surface area contributed by atoms with E-state index in [0.717, 1.165) is 72.9 Å². The standard InChI is InChI=1S/C20H29NO2S/c1-3-16(4-2)14-20(12-8-5-9-13-20)19(23)21-17-10-6-7-11-18(17)24-15-22/h6-7,10-11,15-16H,3-5,8-9,12-14H2,1-2H3,(H,21,23). The summed E-state index contributed by atoms with van der Waals surface area (Å²) in [4.78, 5) is 24.9. The van der Waals surface area contributed by atoms with Crippen LogP contribution < -0.4 is 5.32 Å². The van der Waals surface area contributed by atoms with Crippen molar-refractivity contribution in [2.24, 2.45) is 11.3 Å².